The lowest BCUT2D eigenvalue weighted by Gasteiger charge is -2.07. The van der Waals surface area contributed by atoms with E-state index < -0.39 is 6.10 Å². The Kier molecular flexibility index (Phi) is 4.45. The van der Waals surface area contributed by atoms with Gasteiger partial charge >= 0.3 is 0 Å². The summed E-state index contributed by atoms with van der Waals surface area (Å²) in [6, 6.07) is 5.18. The van der Waals surface area contributed by atoms with Crippen molar-refractivity contribution in [2.45, 2.75) is 12.5 Å². The van der Waals surface area contributed by atoms with Gasteiger partial charge in [0.25, 0.3) is 5.91 Å². The lowest BCUT2D eigenvalue weighted by molar-refractivity contribution is -0.130. The maximum atomic E-state index is 11.7. The van der Waals surface area contributed by atoms with E-state index in [9.17, 15) is 4.79 Å². The fourth-order valence-electron chi connectivity index (χ4n) is 1.65. The number of benzene rings is 1. The minimum atomic E-state index is -0.607. The third kappa shape index (κ3) is 3.28. The number of carbonyl (C=O) groups is 1. The number of nitrogens with zero attached hydrogens (tertiary/aromatic N) is 1. The zero-order valence-electron chi connectivity index (χ0n) is 10.0. The Morgan fingerprint density at radius 1 is 1.53 bits per heavy atom. The molecule has 4 nitrogen and oxygen atoms in total. The predicted octanol–water partition coefficient (Wildman–Crippen LogP) is 2.79. The number of nitrogens with one attached hydrogen (secondary N) is 1. The highest BCUT2D eigenvalue weighted by Gasteiger charge is 2.28. The molecule has 1 N–H and O–H groups in total. The molecule has 0 saturated carbocycles. The van der Waals surface area contributed by atoms with Crippen LogP contribution in [0.25, 0.3) is 0 Å². The van der Waals surface area contributed by atoms with E-state index in [4.69, 9.17) is 28.0 Å². The van der Waals surface area contributed by atoms with E-state index in [0.717, 1.165) is 5.56 Å². The second-order valence-electron chi connectivity index (χ2n) is 4.00. The van der Waals surface area contributed by atoms with Crippen LogP contribution < -0.4 is 5.32 Å². The van der Waals surface area contributed by atoms with E-state index in [1.165, 1.54) is 0 Å². The summed E-state index contributed by atoms with van der Waals surface area (Å²) in [5.74, 6) is -0.210. The average molecular weight is 299 g/mol. The molecule has 1 amide bonds. The summed E-state index contributed by atoms with van der Waals surface area (Å²) in [7, 11) is 0. The van der Waals surface area contributed by atoms with Crippen LogP contribution in [-0.4, -0.2) is 24.3 Å². The van der Waals surface area contributed by atoms with Gasteiger partial charge < -0.3 is 10.2 Å². The Hall–Kier alpha value is -1.52. The molecule has 19 heavy (non-hydrogen) atoms. The summed E-state index contributed by atoms with van der Waals surface area (Å²) in [5.41, 5.74) is 1.48. The third-order valence-electron chi connectivity index (χ3n) is 2.63. The SMILES string of the molecule is C=CCNC(=O)[C@H]1CC(c2ccc(Cl)c(Cl)c2)=NO1. The Morgan fingerprint density at radius 3 is 3.00 bits per heavy atom. The molecular weight excluding hydrogens is 287 g/mol. The van der Waals surface area contributed by atoms with E-state index in [0.29, 0.717) is 28.7 Å². The Labute approximate surface area is 121 Å². The molecule has 2 rings (SSSR count). The molecule has 1 aromatic carbocycles. The van der Waals surface area contributed by atoms with E-state index in [1.807, 2.05) is 0 Å². The van der Waals surface area contributed by atoms with Gasteiger partial charge in [0.2, 0.25) is 6.10 Å². The van der Waals surface area contributed by atoms with Gasteiger partial charge in [0.15, 0.2) is 0 Å². The second-order valence-corrected chi connectivity index (χ2v) is 4.81. The molecule has 0 saturated heterocycles. The number of amides is 1. The molecule has 0 fully saturated rings. The Balaban J connectivity index is 2.03. The van der Waals surface area contributed by atoms with E-state index in [-0.39, 0.29) is 5.91 Å². The van der Waals surface area contributed by atoms with Crippen LogP contribution in [0.1, 0.15) is 12.0 Å². The first kappa shape index (κ1) is 13.9. The fraction of sp³-hybridized carbons (Fsp3) is 0.231. The summed E-state index contributed by atoms with van der Waals surface area (Å²) in [6.07, 6.45) is 1.40. The van der Waals surface area contributed by atoms with Crippen LogP contribution in [0, 0.1) is 0 Å². The fourth-order valence-corrected chi connectivity index (χ4v) is 1.95. The number of halogens is 2. The van der Waals surface area contributed by atoms with Crippen molar-refractivity contribution in [1.29, 1.82) is 0 Å². The number of rotatable bonds is 4. The van der Waals surface area contributed by atoms with Gasteiger partial charge in [-0.3, -0.25) is 4.79 Å². The zero-order valence-corrected chi connectivity index (χ0v) is 11.5. The number of oxime groups is 1. The number of hydrogen-bond donors (Lipinski definition) is 1. The van der Waals surface area contributed by atoms with Crippen LogP contribution in [0.15, 0.2) is 36.0 Å². The smallest absolute Gasteiger partial charge is 0.264 e. The molecule has 100 valence electrons. The molecule has 1 aliphatic rings. The summed E-state index contributed by atoms with van der Waals surface area (Å²) < 4.78 is 0. The molecule has 1 heterocycles. The van der Waals surface area contributed by atoms with Crippen LogP contribution in [0.3, 0.4) is 0 Å². The quantitative estimate of drug-likeness (QED) is 0.869. The Morgan fingerprint density at radius 2 is 2.32 bits per heavy atom. The molecule has 0 unspecified atom stereocenters. The first-order valence-electron chi connectivity index (χ1n) is 5.68. The minimum absolute atomic E-state index is 0.210. The first-order valence-corrected chi connectivity index (χ1v) is 6.44. The van der Waals surface area contributed by atoms with Crippen LogP contribution >= 0.6 is 23.2 Å². The highest BCUT2D eigenvalue weighted by Crippen LogP contribution is 2.25. The van der Waals surface area contributed by atoms with Crippen molar-refractivity contribution in [2.75, 3.05) is 6.54 Å². The zero-order chi connectivity index (χ0) is 13.8. The van der Waals surface area contributed by atoms with Crippen LogP contribution in [0.2, 0.25) is 10.0 Å². The predicted molar refractivity (Wildman–Crippen MR) is 75.7 cm³/mol. The van der Waals surface area contributed by atoms with Crippen molar-refractivity contribution in [1.82, 2.24) is 5.32 Å². The lowest BCUT2D eigenvalue weighted by Crippen LogP contribution is -2.34. The van der Waals surface area contributed by atoms with Gasteiger partial charge in [-0.2, -0.15) is 0 Å². The van der Waals surface area contributed by atoms with Crippen molar-refractivity contribution < 1.29 is 9.63 Å². The van der Waals surface area contributed by atoms with Crippen LogP contribution in [0.5, 0.6) is 0 Å². The maximum absolute atomic E-state index is 11.7. The number of carbonyl (C=O) groups excluding carboxylic acids is 1. The van der Waals surface area contributed by atoms with Gasteiger partial charge in [0.1, 0.15) is 0 Å². The first-order chi connectivity index (χ1) is 9.11. The lowest BCUT2D eigenvalue weighted by atomic mass is 10.0. The van der Waals surface area contributed by atoms with Gasteiger partial charge in [-0.1, -0.05) is 40.5 Å². The van der Waals surface area contributed by atoms with Crippen molar-refractivity contribution in [3.8, 4) is 0 Å². The van der Waals surface area contributed by atoms with E-state index >= 15 is 0 Å². The molecule has 0 spiro atoms. The monoisotopic (exact) mass is 298 g/mol. The van der Waals surface area contributed by atoms with Crippen LogP contribution in [-0.2, 0) is 9.63 Å². The van der Waals surface area contributed by atoms with Gasteiger partial charge in [-0.25, -0.2) is 0 Å². The highest BCUT2D eigenvalue weighted by molar-refractivity contribution is 6.42. The maximum Gasteiger partial charge on any atom is 0.264 e. The summed E-state index contributed by atoms with van der Waals surface area (Å²) in [6.45, 7) is 3.93. The average Bonchev–Trinajstić information content (AvgIpc) is 2.89. The molecule has 0 radical (unpaired) electrons. The van der Waals surface area contributed by atoms with Gasteiger partial charge in [0, 0.05) is 18.5 Å². The van der Waals surface area contributed by atoms with E-state index in [1.54, 1.807) is 24.3 Å². The van der Waals surface area contributed by atoms with E-state index in [2.05, 4.69) is 17.1 Å². The topological polar surface area (TPSA) is 50.7 Å². The molecule has 0 aliphatic carbocycles. The molecule has 1 aromatic rings. The van der Waals surface area contributed by atoms with Crippen molar-refractivity contribution in [2.24, 2.45) is 5.16 Å². The number of hydrogen-bond acceptors (Lipinski definition) is 3. The molecule has 0 aromatic heterocycles. The minimum Gasteiger partial charge on any atom is -0.382 e. The second kappa shape index (κ2) is 6.08. The summed E-state index contributed by atoms with van der Waals surface area (Å²) >= 11 is 11.8. The van der Waals surface area contributed by atoms with Gasteiger partial charge in [-0.15, -0.1) is 6.58 Å². The van der Waals surface area contributed by atoms with Gasteiger partial charge in [-0.05, 0) is 12.1 Å². The summed E-state index contributed by atoms with van der Waals surface area (Å²) in [5, 5.41) is 7.50. The molecule has 6 heteroatoms. The van der Waals surface area contributed by atoms with Gasteiger partial charge in [0.05, 0.1) is 15.8 Å². The van der Waals surface area contributed by atoms with Crippen molar-refractivity contribution >= 4 is 34.8 Å². The third-order valence-corrected chi connectivity index (χ3v) is 3.37. The Bertz CT molecular complexity index is 543. The largest absolute Gasteiger partial charge is 0.382 e. The normalized spacial score (nSPS) is 17.6. The van der Waals surface area contributed by atoms with Crippen molar-refractivity contribution in [3.05, 3.63) is 46.5 Å². The van der Waals surface area contributed by atoms with Crippen LogP contribution in [0.4, 0.5) is 0 Å². The molecule has 1 aliphatic heterocycles. The molecule has 0 bridgehead atoms. The van der Waals surface area contributed by atoms with Crippen molar-refractivity contribution in [3.63, 3.8) is 0 Å². The highest BCUT2D eigenvalue weighted by atomic mass is 35.5. The standard InChI is InChI=1S/C13H12Cl2N2O2/c1-2-5-16-13(18)12-7-11(17-19-12)8-3-4-9(14)10(15)6-8/h2-4,6,12H,1,5,7H2,(H,16,18)/t12-/m1/s1. The molecular formula is C13H12Cl2N2O2. The molecule has 1 atom stereocenters. The summed E-state index contributed by atoms with van der Waals surface area (Å²) in [4.78, 5) is 16.8.